The monoisotopic (exact) mass is 392 g/mol. The van der Waals surface area contributed by atoms with Crippen molar-refractivity contribution >= 4 is 16.9 Å². The maximum atomic E-state index is 14.6. The summed E-state index contributed by atoms with van der Waals surface area (Å²) in [6.07, 6.45) is 0.236. The molecule has 0 aliphatic carbocycles. The van der Waals surface area contributed by atoms with Crippen molar-refractivity contribution in [2.75, 3.05) is 12.4 Å². The minimum absolute atomic E-state index is 0.0714. The predicted octanol–water partition coefficient (Wildman–Crippen LogP) is 4.45. The van der Waals surface area contributed by atoms with Gasteiger partial charge in [0.05, 0.1) is 12.7 Å². The number of thioether (sulfide) groups is 1. The van der Waals surface area contributed by atoms with Crippen molar-refractivity contribution in [1.82, 2.24) is 0 Å². The summed E-state index contributed by atoms with van der Waals surface area (Å²) in [7, 11) is 0. The molecule has 0 radical (unpaired) electrons. The highest BCUT2D eigenvalue weighted by atomic mass is 32.2. The van der Waals surface area contributed by atoms with Crippen LogP contribution in [0.15, 0.2) is 41.4 Å². The molecule has 2 N–H and O–H groups in total. The highest BCUT2D eigenvalue weighted by molar-refractivity contribution is 8.13. The fourth-order valence-electron chi connectivity index (χ4n) is 3.85. The van der Waals surface area contributed by atoms with Gasteiger partial charge in [0.15, 0.2) is 5.17 Å². The molecular formula is C20H19F3N2OS. The first-order chi connectivity index (χ1) is 12.9. The number of benzene rings is 2. The van der Waals surface area contributed by atoms with E-state index in [1.165, 1.54) is 30.0 Å². The normalized spacial score (nSPS) is 27.8. The van der Waals surface area contributed by atoms with Gasteiger partial charge in [-0.05, 0) is 36.6 Å². The lowest BCUT2D eigenvalue weighted by Crippen LogP contribution is -2.48. The molecule has 2 aromatic carbocycles. The molecule has 2 aliphatic heterocycles. The smallest absolute Gasteiger partial charge is 0.154 e. The Balaban J connectivity index is 1.71. The Labute approximate surface area is 159 Å². The number of halogens is 3. The molecular weight excluding hydrogens is 373 g/mol. The molecule has 2 aromatic rings. The van der Waals surface area contributed by atoms with Gasteiger partial charge >= 0.3 is 0 Å². The van der Waals surface area contributed by atoms with Gasteiger partial charge in [0.1, 0.15) is 23.0 Å². The molecule has 142 valence electrons. The SMILES string of the molecule is Cc1ccc([C@H]2C[C@H]3CSC(N)=N[C@@]3(c3ccc(F)cc3F)CO2)cc1F. The molecule has 27 heavy (non-hydrogen) atoms. The zero-order chi connectivity index (χ0) is 19.2. The van der Waals surface area contributed by atoms with Gasteiger partial charge in [-0.1, -0.05) is 30.0 Å². The average molecular weight is 392 g/mol. The Hall–Kier alpha value is -1.99. The van der Waals surface area contributed by atoms with Crippen molar-refractivity contribution in [3.8, 4) is 0 Å². The maximum absolute atomic E-state index is 14.6. The minimum Gasteiger partial charge on any atom is -0.379 e. The van der Waals surface area contributed by atoms with E-state index in [-0.39, 0.29) is 30.0 Å². The van der Waals surface area contributed by atoms with Crippen LogP contribution < -0.4 is 5.73 Å². The summed E-state index contributed by atoms with van der Waals surface area (Å²) >= 11 is 1.41. The Kier molecular flexibility index (Phi) is 4.68. The van der Waals surface area contributed by atoms with E-state index < -0.39 is 17.2 Å². The first-order valence-electron chi connectivity index (χ1n) is 8.70. The zero-order valence-electron chi connectivity index (χ0n) is 14.7. The van der Waals surface area contributed by atoms with Gasteiger partial charge in [0, 0.05) is 23.3 Å². The number of nitrogens with zero attached hydrogens (tertiary/aromatic N) is 1. The van der Waals surface area contributed by atoms with Gasteiger partial charge in [0.25, 0.3) is 0 Å². The summed E-state index contributed by atoms with van der Waals surface area (Å²) in [6, 6.07) is 8.55. The van der Waals surface area contributed by atoms with Crippen LogP contribution in [0, 0.1) is 30.3 Å². The molecule has 0 bridgehead atoms. The van der Waals surface area contributed by atoms with Crippen molar-refractivity contribution in [3.05, 3.63) is 70.5 Å². The Morgan fingerprint density at radius 2 is 1.96 bits per heavy atom. The number of aryl methyl sites for hydroxylation is 1. The Morgan fingerprint density at radius 3 is 2.70 bits per heavy atom. The number of nitrogens with two attached hydrogens (primary N) is 1. The minimum atomic E-state index is -0.993. The number of amidine groups is 1. The molecule has 2 aliphatic rings. The summed E-state index contributed by atoms with van der Waals surface area (Å²) in [6.45, 7) is 1.81. The van der Waals surface area contributed by atoms with E-state index >= 15 is 0 Å². The van der Waals surface area contributed by atoms with Gasteiger partial charge in [-0.25, -0.2) is 18.2 Å². The standard InChI is InChI=1S/C20H19F3N2OS/c1-11-2-3-12(6-16(11)22)18-7-13-9-27-19(24)25-20(13,10-26-18)15-5-4-14(21)8-17(15)23/h2-6,8,13,18H,7,9-10H2,1H3,(H2,24,25)/t13-,18+,20-/m0/s1. The van der Waals surface area contributed by atoms with Crippen LogP contribution in [0.4, 0.5) is 13.2 Å². The molecule has 0 amide bonds. The van der Waals surface area contributed by atoms with E-state index in [4.69, 9.17) is 10.5 Å². The molecule has 1 fully saturated rings. The molecule has 4 rings (SSSR count). The van der Waals surface area contributed by atoms with Crippen LogP contribution in [0.1, 0.15) is 29.2 Å². The molecule has 7 heteroatoms. The Bertz CT molecular complexity index is 920. The van der Waals surface area contributed by atoms with E-state index in [2.05, 4.69) is 4.99 Å². The summed E-state index contributed by atoms with van der Waals surface area (Å²) in [5.41, 5.74) is 6.55. The van der Waals surface area contributed by atoms with E-state index in [1.54, 1.807) is 13.0 Å². The second kappa shape index (κ2) is 6.87. The van der Waals surface area contributed by atoms with E-state index in [0.29, 0.717) is 22.9 Å². The second-order valence-electron chi connectivity index (χ2n) is 7.05. The lowest BCUT2D eigenvalue weighted by atomic mass is 9.74. The van der Waals surface area contributed by atoms with Gasteiger partial charge in [-0.3, -0.25) is 0 Å². The van der Waals surface area contributed by atoms with Crippen molar-refractivity contribution in [2.24, 2.45) is 16.6 Å². The lowest BCUT2D eigenvalue weighted by molar-refractivity contribution is -0.0589. The van der Waals surface area contributed by atoms with E-state index in [9.17, 15) is 13.2 Å². The number of hydrogen-bond donors (Lipinski definition) is 1. The van der Waals surface area contributed by atoms with Crippen molar-refractivity contribution in [2.45, 2.75) is 25.0 Å². The lowest BCUT2D eigenvalue weighted by Gasteiger charge is -2.46. The number of fused-ring (bicyclic) bond motifs is 1. The second-order valence-corrected chi connectivity index (χ2v) is 8.09. The van der Waals surface area contributed by atoms with Crippen LogP contribution in [-0.2, 0) is 10.3 Å². The predicted molar refractivity (Wildman–Crippen MR) is 100 cm³/mol. The summed E-state index contributed by atoms with van der Waals surface area (Å²) in [5, 5.41) is 0.360. The first-order valence-corrected chi connectivity index (χ1v) is 9.69. The fourth-order valence-corrected chi connectivity index (χ4v) is 4.86. The number of hydrogen-bond acceptors (Lipinski definition) is 4. The molecule has 0 spiro atoms. The number of rotatable bonds is 2. The molecule has 3 atom stereocenters. The fraction of sp³-hybridized carbons (Fsp3) is 0.350. The van der Waals surface area contributed by atoms with Crippen LogP contribution in [0.3, 0.4) is 0 Å². The quantitative estimate of drug-likeness (QED) is 0.822. The molecule has 0 aromatic heterocycles. The first kappa shape index (κ1) is 18.4. The highest BCUT2D eigenvalue weighted by Crippen LogP contribution is 2.49. The topological polar surface area (TPSA) is 47.6 Å². The van der Waals surface area contributed by atoms with E-state index in [0.717, 1.165) is 11.6 Å². The zero-order valence-corrected chi connectivity index (χ0v) is 15.5. The van der Waals surface area contributed by atoms with Crippen LogP contribution in [0.25, 0.3) is 0 Å². The molecule has 2 heterocycles. The highest BCUT2D eigenvalue weighted by Gasteiger charge is 2.49. The van der Waals surface area contributed by atoms with E-state index in [1.807, 2.05) is 6.07 Å². The summed E-state index contributed by atoms with van der Waals surface area (Å²) in [5.74, 6) is -1.01. The third-order valence-corrected chi connectivity index (χ3v) is 6.34. The molecule has 1 saturated heterocycles. The van der Waals surface area contributed by atoms with Crippen molar-refractivity contribution < 1.29 is 17.9 Å². The van der Waals surface area contributed by atoms with Gasteiger partial charge in [0.2, 0.25) is 0 Å². The third-order valence-electron chi connectivity index (χ3n) is 5.39. The maximum Gasteiger partial charge on any atom is 0.154 e. The van der Waals surface area contributed by atoms with Crippen LogP contribution >= 0.6 is 11.8 Å². The van der Waals surface area contributed by atoms with Gasteiger partial charge < -0.3 is 10.5 Å². The number of ether oxygens (including phenoxy) is 1. The van der Waals surface area contributed by atoms with Crippen LogP contribution in [-0.4, -0.2) is 17.5 Å². The third kappa shape index (κ3) is 3.23. The van der Waals surface area contributed by atoms with Gasteiger partial charge in [-0.15, -0.1) is 0 Å². The number of aliphatic imine (C=N–C) groups is 1. The summed E-state index contributed by atoms with van der Waals surface area (Å²) in [4.78, 5) is 4.55. The van der Waals surface area contributed by atoms with Crippen molar-refractivity contribution in [3.63, 3.8) is 0 Å². The van der Waals surface area contributed by atoms with Crippen LogP contribution in [0.2, 0.25) is 0 Å². The average Bonchev–Trinajstić information content (AvgIpc) is 2.63. The molecule has 3 nitrogen and oxygen atoms in total. The Morgan fingerprint density at radius 1 is 1.15 bits per heavy atom. The largest absolute Gasteiger partial charge is 0.379 e. The molecule has 0 unspecified atom stereocenters. The van der Waals surface area contributed by atoms with Crippen LogP contribution in [0.5, 0.6) is 0 Å². The van der Waals surface area contributed by atoms with Gasteiger partial charge in [-0.2, -0.15) is 0 Å². The molecule has 0 saturated carbocycles. The summed E-state index contributed by atoms with van der Waals surface area (Å²) < 4.78 is 48.0. The van der Waals surface area contributed by atoms with Crippen molar-refractivity contribution in [1.29, 1.82) is 0 Å².